The third-order valence-corrected chi connectivity index (χ3v) is 2.85. The molecule has 2 amide bonds. The van der Waals surface area contributed by atoms with Gasteiger partial charge in [0.05, 0.1) is 5.57 Å². The van der Waals surface area contributed by atoms with E-state index in [1.807, 2.05) is 18.2 Å². The van der Waals surface area contributed by atoms with Crippen molar-refractivity contribution in [1.29, 1.82) is 0 Å². The van der Waals surface area contributed by atoms with Crippen molar-refractivity contribution in [1.82, 2.24) is 5.32 Å². The van der Waals surface area contributed by atoms with Crippen LogP contribution in [0.5, 0.6) is 0 Å². The normalized spacial score (nSPS) is 13.5. The molecule has 1 N–H and O–H groups in total. The zero-order chi connectivity index (χ0) is 14.1. The highest BCUT2D eigenvalue weighted by Gasteiger charge is 2.21. The highest BCUT2D eigenvalue weighted by atomic mass is 35.5. The number of unbranched alkanes of at least 4 members (excludes halogenated alkanes) is 2. The number of hydrogen-bond donors (Lipinski definition) is 1. The van der Waals surface area contributed by atoms with Crippen LogP contribution in [0.2, 0.25) is 0 Å². The number of halogens is 1. The number of nitrogens with one attached hydrogen (secondary N) is 1. The smallest absolute Gasteiger partial charge is 0.258 e. The first-order valence-corrected chi connectivity index (χ1v) is 6.91. The van der Waals surface area contributed by atoms with Crippen molar-refractivity contribution in [2.45, 2.75) is 26.2 Å². The van der Waals surface area contributed by atoms with E-state index in [2.05, 4.69) is 12.2 Å². The topological polar surface area (TPSA) is 46.2 Å². The molecule has 0 saturated heterocycles. The van der Waals surface area contributed by atoms with Gasteiger partial charge in [0, 0.05) is 12.0 Å². The average molecular weight is 280 g/mol. The van der Waals surface area contributed by atoms with Crippen molar-refractivity contribution in [2.24, 2.45) is 0 Å². The molecule has 1 heterocycles. The summed E-state index contributed by atoms with van der Waals surface area (Å²) < 4.78 is 0. The Balaban J connectivity index is 0.000000258. The standard InChI is InChI=1S/C10H7NO2.C5H11Cl/c12-9-6-8(10(13)11-9)7-4-2-1-3-5-7;1-2-3-4-5-6/h1-6H,(H,11,12,13);2-5H2,1H3. The monoisotopic (exact) mass is 279 g/mol. The summed E-state index contributed by atoms with van der Waals surface area (Å²) >= 11 is 5.38. The van der Waals surface area contributed by atoms with Gasteiger partial charge in [-0.05, 0) is 12.0 Å². The Bertz CT molecular complexity index is 450. The average Bonchev–Trinajstić information content (AvgIpc) is 2.77. The third kappa shape index (κ3) is 5.26. The summed E-state index contributed by atoms with van der Waals surface area (Å²) in [7, 11) is 0. The van der Waals surface area contributed by atoms with Crippen LogP contribution in [0.25, 0.3) is 5.57 Å². The van der Waals surface area contributed by atoms with Gasteiger partial charge in [0.25, 0.3) is 11.8 Å². The zero-order valence-corrected chi connectivity index (χ0v) is 11.7. The molecule has 0 fully saturated rings. The van der Waals surface area contributed by atoms with Crippen molar-refractivity contribution in [3.8, 4) is 0 Å². The van der Waals surface area contributed by atoms with E-state index in [1.54, 1.807) is 12.1 Å². The molecule has 1 aromatic rings. The summed E-state index contributed by atoms with van der Waals surface area (Å²) in [5.41, 5.74) is 1.21. The van der Waals surface area contributed by atoms with Crippen molar-refractivity contribution < 1.29 is 9.59 Å². The Hall–Kier alpha value is -1.61. The molecule has 1 aromatic carbocycles. The van der Waals surface area contributed by atoms with Crippen LogP contribution in [0.3, 0.4) is 0 Å². The second kappa shape index (κ2) is 8.48. The summed E-state index contributed by atoms with van der Waals surface area (Å²) in [4.78, 5) is 22.0. The van der Waals surface area contributed by atoms with Gasteiger partial charge in [0.1, 0.15) is 0 Å². The number of carbonyl (C=O) groups excluding carboxylic acids is 2. The van der Waals surface area contributed by atoms with Crippen LogP contribution in [0, 0.1) is 0 Å². The van der Waals surface area contributed by atoms with E-state index < -0.39 is 0 Å². The molecule has 0 atom stereocenters. The van der Waals surface area contributed by atoms with E-state index in [4.69, 9.17) is 11.6 Å². The Kier molecular flexibility index (Phi) is 6.90. The predicted octanol–water partition coefficient (Wildman–Crippen LogP) is 3.14. The highest BCUT2D eigenvalue weighted by molar-refractivity contribution is 6.33. The van der Waals surface area contributed by atoms with Gasteiger partial charge < -0.3 is 0 Å². The van der Waals surface area contributed by atoms with Gasteiger partial charge >= 0.3 is 0 Å². The van der Waals surface area contributed by atoms with E-state index in [0.29, 0.717) is 5.57 Å². The molecule has 0 aliphatic carbocycles. The van der Waals surface area contributed by atoms with E-state index in [9.17, 15) is 9.59 Å². The number of rotatable bonds is 4. The molecule has 1 aliphatic heterocycles. The number of hydrogen-bond acceptors (Lipinski definition) is 2. The molecule has 19 heavy (non-hydrogen) atoms. The second-order valence-electron chi connectivity index (χ2n) is 4.14. The lowest BCUT2D eigenvalue weighted by Crippen LogP contribution is -2.21. The van der Waals surface area contributed by atoms with Crippen LogP contribution in [0.15, 0.2) is 36.4 Å². The van der Waals surface area contributed by atoms with Crippen LogP contribution in [0.1, 0.15) is 31.7 Å². The maximum atomic E-state index is 11.2. The highest BCUT2D eigenvalue weighted by Crippen LogP contribution is 2.16. The van der Waals surface area contributed by atoms with E-state index in [1.165, 1.54) is 25.3 Å². The summed E-state index contributed by atoms with van der Waals surface area (Å²) in [5, 5.41) is 2.19. The van der Waals surface area contributed by atoms with Crippen LogP contribution < -0.4 is 5.32 Å². The van der Waals surface area contributed by atoms with E-state index in [0.717, 1.165) is 11.4 Å². The maximum Gasteiger partial charge on any atom is 0.258 e. The lowest BCUT2D eigenvalue weighted by Gasteiger charge is -1.97. The molecule has 0 bridgehead atoms. The van der Waals surface area contributed by atoms with Gasteiger partial charge in [0.15, 0.2) is 0 Å². The largest absolute Gasteiger partial charge is 0.289 e. The fourth-order valence-electron chi connectivity index (χ4n) is 1.59. The number of benzene rings is 1. The summed E-state index contributed by atoms with van der Waals surface area (Å²) in [6.07, 6.45) is 5.05. The molecular formula is C15H18ClNO2. The van der Waals surface area contributed by atoms with Gasteiger partial charge in [-0.3, -0.25) is 14.9 Å². The fourth-order valence-corrected chi connectivity index (χ4v) is 1.78. The first-order chi connectivity index (χ1) is 9.19. The minimum Gasteiger partial charge on any atom is -0.289 e. The molecule has 0 saturated carbocycles. The summed E-state index contributed by atoms with van der Waals surface area (Å²) in [6.45, 7) is 2.17. The molecule has 102 valence electrons. The van der Waals surface area contributed by atoms with Crippen molar-refractivity contribution in [3.63, 3.8) is 0 Å². The minimum absolute atomic E-state index is 0.323. The first kappa shape index (κ1) is 15.4. The number of carbonyl (C=O) groups is 2. The minimum atomic E-state index is -0.344. The number of imide groups is 1. The molecule has 2 rings (SSSR count). The number of alkyl halides is 1. The zero-order valence-electron chi connectivity index (χ0n) is 11.0. The lowest BCUT2D eigenvalue weighted by molar-refractivity contribution is -0.123. The molecule has 0 aromatic heterocycles. The van der Waals surface area contributed by atoms with Crippen LogP contribution in [0.4, 0.5) is 0 Å². The Morgan fingerprint density at radius 2 is 1.79 bits per heavy atom. The SMILES string of the molecule is CCCCCCl.O=C1C=C(c2ccccc2)C(=O)N1. The molecule has 0 unspecified atom stereocenters. The molecular weight excluding hydrogens is 262 g/mol. The molecule has 3 nitrogen and oxygen atoms in total. The van der Waals surface area contributed by atoms with Gasteiger partial charge in [0.2, 0.25) is 0 Å². The Morgan fingerprint density at radius 1 is 1.11 bits per heavy atom. The molecule has 4 heteroatoms. The van der Waals surface area contributed by atoms with Crippen LogP contribution >= 0.6 is 11.6 Å². The summed E-state index contributed by atoms with van der Waals surface area (Å²) in [5.74, 6) is 0.161. The second-order valence-corrected chi connectivity index (χ2v) is 4.52. The first-order valence-electron chi connectivity index (χ1n) is 6.37. The maximum absolute atomic E-state index is 11.2. The quantitative estimate of drug-likeness (QED) is 0.523. The van der Waals surface area contributed by atoms with Gasteiger partial charge in [-0.25, -0.2) is 0 Å². The van der Waals surface area contributed by atoms with Crippen LogP contribution in [-0.4, -0.2) is 17.7 Å². The lowest BCUT2D eigenvalue weighted by atomic mass is 10.1. The van der Waals surface area contributed by atoms with E-state index in [-0.39, 0.29) is 11.8 Å². The molecule has 1 aliphatic rings. The molecule has 0 radical (unpaired) electrons. The van der Waals surface area contributed by atoms with Gasteiger partial charge in [-0.2, -0.15) is 0 Å². The van der Waals surface area contributed by atoms with Gasteiger partial charge in [-0.1, -0.05) is 50.1 Å². The Labute approximate surface area is 118 Å². The Morgan fingerprint density at radius 3 is 2.21 bits per heavy atom. The predicted molar refractivity (Wildman–Crippen MR) is 77.8 cm³/mol. The van der Waals surface area contributed by atoms with E-state index >= 15 is 0 Å². The summed E-state index contributed by atoms with van der Waals surface area (Å²) in [6, 6.07) is 9.10. The van der Waals surface area contributed by atoms with Gasteiger partial charge in [-0.15, -0.1) is 11.6 Å². The van der Waals surface area contributed by atoms with Crippen molar-refractivity contribution in [3.05, 3.63) is 42.0 Å². The van der Waals surface area contributed by atoms with Crippen molar-refractivity contribution in [2.75, 3.05) is 5.88 Å². The number of amides is 2. The fraction of sp³-hybridized carbons (Fsp3) is 0.333. The van der Waals surface area contributed by atoms with Crippen LogP contribution in [-0.2, 0) is 9.59 Å². The molecule has 0 spiro atoms. The van der Waals surface area contributed by atoms with Crippen molar-refractivity contribution >= 4 is 29.0 Å². The third-order valence-electron chi connectivity index (χ3n) is 2.58.